The fraction of sp³-hybridized carbons (Fsp3) is 0.552. The first-order chi connectivity index (χ1) is 18.2. The Bertz CT molecular complexity index is 1110. The van der Waals surface area contributed by atoms with Crippen molar-refractivity contribution in [2.45, 2.75) is 67.5 Å². The number of carbonyl (C=O) groups excluding carboxylic acids is 3. The van der Waals surface area contributed by atoms with Crippen molar-refractivity contribution in [3.8, 4) is 0 Å². The molecule has 4 rings (SSSR count). The van der Waals surface area contributed by atoms with Crippen LogP contribution in [0.3, 0.4) is 0 Å². The first-order valence-electron chi connectivity index (χ1n) is 13.2. The maximum absolute atomic E-state index is 14.4. The van der Waals surface area contributed by atoms with Crippen LogP contribution in [0.5, 0.6) is 0 Å². The van der Waals surface area contributed by atoms with Crippen LogP contribution in [0.1, 0.15) is 46.0 Å². The molecule has 1 aromatic rings. The van der Waals surface area contributed by atoms with E-state index in [1.807, 2.05) is 13.0 Å². The third kappa shape index (κ3) is 4.69. The number of aliphatic hydroxyl groups excluding tert-OH is 1. The summed E-state index contributed by atoms with van der Waals surface area (Å²) in [4.78, 5) is 45.1. The van der Waals surface area contributed by atoms with Gasteiger partial charge in [0.1, 0.15) is 6.04 Å². The molecule has 3 aliphatic heterocycles. The number of esters is 1. The topological polar surface area (TPSA) is 87.1 Å². The highest BCUT2D eigenvalue weighted by Crippen LogP contribution is 2.71. The Morgan fingerprint density at radius 3 is 2.68 bits per heavy atom. The number of fused-ring (bicyclic) bond motifs is 1. The van der Waals surface area contributed by atoms with Crippen LogP contribution in [-0.2, 0) is 19.1 Å². The molecule has 0 aliphatic carbocycles. The van der Waals surface area contributed by atoms with Crippen molar-refractivity contribution in [3.63, 3.8) is 0 Å². The number of unbranched alkanes of at least 4 members (excludes halogenated alkanes) is 2. The predicted molar refractivity (Wildman–Crippen MR) is 151 cm³/mol. The van der Waals surface area contributed by atoms with Gasteiger partial charge in [-0.3, -0.25) is 14.4 Å². The van der Waals surface area contributed by atoms with E-state index in [9.17, 15) is 19.5 Å². The van der Waals surface area contributed by atoms with Crippen molar-refractivity contribution in [2.75, 3.05) is 24.7 Å². The van der Waals surface area contributed by atoms with Crippen molar-refractivity contribution in [1.29, 1.82) is 0 Å². The minimum atomic E-state index is -0.865. The van der Waals surface area contributed by atoms with Gasteiger partial charge in [-0.25, -0.2) is 0 Å². The van der Waals surface area contributed by atoms with E-state index in [4.69, 9.17) is 16.3 Å². The Hall–Kier alpha value is -2.29. The molecule has 1 spiro atoms. The fourth-order valence-corrected chi connectivity index (χ4v) is 9.03. The third-order valence-electron chi connectivity index (χ3n) is 8.21. The molecule has 3 heterocycles. The van der Waals surface area contributed by atoms with Crippen LogP contribution >= 0.6 is 23.4 Å². The SMILES string of the molecule is C=CCCCCOC(=O)[C@@H]1[C@H]2C(=O)N([C@H](C)CO)C(C(=O)N(CC=C)c3ccccc3Cl)C23CC[C@@]1(C)S3. The van der Waals surface area contributed by atoms with E-state index in [0.29, 0.717) is 23.6 Å². The number of aliphatic hydroxyl groups is 1. The van der Waals surface area contributed by atoms with E-state index in [1.54, 1.807) is 53.9 Å². The number of para-hydroxylation sites is 1. The van der Waals surface area contributed by atoms with Crippen LogP contribution in [0.15, 0.2) is 49.6 Å². The number of hydrogen-bond donors (Lipinski definition) is 1. The summed E-state index contributed by atoms with van der Waals surface area (Å²) < 4.78 is 4.38. The van der Waals surface area contributed by atoms with Crippen LogP contribution in [-0.4, -0.2) is 69.1 Å². The fourth-order valence-electron chi connectivity index (χ4n) is 6.47. The number of anilines is 1. The van der Waals surface area contributed by atoms with Gasteiger partial charge in [0.05, 0.1) is 46.5 Å². The molecule has 1 N–H and O–H groups in total. The molecule has 2 amide bonds. The Morgan fingerprint density at radius 2 is 2.03 bits per heavy atom. The lowest BCUT2D eigenvalue weighted by atomic mass is 9.66. The monoisotopic (exact) mass is 560 g/mol. The molecule has 3 aliphatic rings. The number of thioether (sulfide) groups is 1. The Labute approximate surface area is 234 Å². The molecule has 2 bridgehead atoms. The Morgan fingerprint density at radius 1 is 1.29 bits per heavy atom. The highest BCUT2D eigenvalue weighted by Gasteiger charge is 2.78. The number of benzene rings is 1. The first kappa shape index (κ1) is 28.7. The smallest absolute Gasteiger partial charge is 0.311 e. The maximum atomic E-state index is 14.4. The zero-order chi connectivity index (χ0) is 27.7. The summed E-state index contributed by atoms with van der Waals surface area (Å²) >= 11 is 8.07. The van der Waals surface area contributed by atoms with Crippen molar-refractivity contribution in [3.05, 3.63) is 54.6 Å². The number of hydrogen-bond acceptors (Lipinski definition) is 6. The molecule has 206 valence electrons. The van der Waals surface area contributed by atoms with Crippen molar-refractivity contribution in [1.82, 2.24) is 4.90 Å². The molecular formula is C29H37ClN2O5S. The lowest BCUT2D eigenvalue weighted by Crippen LogP contribution is -2.57. The lowest BCUT2D eigenvalue weighted by Gasteiger charge is -2.39. The van der Waals surface area contributed by atoms with Gasteiger partial charge in [-0.2, -0.15) is 0 Å². The molecule has 3 fully saturated rings. The number of nitrogens with zero attached hydrogens (tertiary/aromatic N) is 2. The van der Waals surface area contributed by atoms with Crippen LogP contribution in [0.25, 0.3) is 0 Å². The summed E-state index contributed by atoms with van der Waals surface area (Å²) in [6.45, 7) is 11.5. The maximum Gasteiger partial charge on any atom is 0.311 e. The van der Waals surface area contributed by atoms with Gasteiger partial charge in [0, 0.05) is 11.3 Å². The van der Waals surface area contributed by atoms with E-state index < -0.39 is 33.4 Å². The molecular weight excluding hydrogens is 524 g/mol. The third-order valence-corrected chi connectivity index (χ3v) is 10.5. The normalized spacial score (nSPS) is 30.2. The van der Waals surface area contributed by atoms with Gasteiger partial charge >= 0.3 is 5.97 Å². The van der Waals surface area contributed by atoms with Crippen LogP contribution < -0.4 is 4.90 Å². The molecule has 0 saturated carbocycles. The van der Waals surface area contributed by atoms with Crippen LogP contribution in [0, 0.1) is 11.8 Å². The number of ether oxygens (including phenoxy) is 1. The van der Waals surface area contributed by atoms with Gasteiger partial charge in [0.2, 0.25) is 5.91 Å². The summed E-state index contributed by atoms with van der Waals surface area (Å²) in [6, 6.07) is 5.61. The molecule has 6 atom stereocenters. The second kappa shape index (κ2) is 11.4. The van der Waals surface area contributed by atoms with Gasteiger partial charge in [-0.15, -0.1) is 24.9 Å². The minimum absolute atomic E-state index is 0.202. The van der Waals surface area contributed by atoms with Crippen LogP contribution in [0.4, 0.5) is 5.69 Å². The van der Waals surface area contributed by atoms with Crippen molar-refractivity contribution in [2.24, 2.45) is 11.8 Å². The zero-order valence-corrected chi connectivity index (χ0v) is 23.7. The molecule has 38 heavy (non-hydrogen) atoms. The number of allylic oxidation sites excluding steroid dienone is 1. The second-order valence-corrected chi connectivity index (χ2v) is 12.9. The predicted octanol–water partition coefficient (Wildman–Crippen LogP) is 4.62. The Balaban J connectivity index is 1.72. The zero-order valence-electron chi connectivity index (χ0n) is 22.1. The van der Waals surface area contributed by atoms with Crippen molar-refractivity contribution >= 4 is 46.8 Å². The van der Waals surface area contributed by atoms with E-state index in [-0.39, 0.29) is 37.5 Å². The molecule has 0 aromatic heterocycles. The van der Waals surface area contributed by atoms with E-state index in [2.05, 4.69) is 13.2 Å². The highest BCUT2D eigenvalue weighted by atomic mass is 35.5. The number of amides is 2. The molecule has 3 saturated heterocycles. The molecule has 2 unspecified atom stereocenters. The Kier molecular flexibility index (Phi) is 8.65. The van der Waals surface area contributed by atoms with E-state index >= 15 is 0 Å². The number of halogens is 1. The molecule has 0 radical (unpaired) electrons. The molecule has 9 heteroatoms. The number of likely N-dealkylation sites (tertiary alicyclic amines) is 1. The average Bonchev–Trinajstić information content (AvgIpc) is 3.47. The van der Waals surface area contributed by atoms with Crippen molar-refractivity contribution < 1.29 is 24.2 Å². The number of carbonyl (C=O) groups is 3. The van der Waals surface area contributed by atoms with Gasteiger partial charge in [0.25, 0.3) is 5.91 Å². The quantitative estimate of drug-likeness (QED) is 0.228. The second-order valence-electron chi connectivity index (χ2n) is 10.6. The van der Waals surface area contributed by atoms with Gasteiger partial charge in [-0.05, 0) is 58.1 Å². The summed E-state index contributed by atoms with van der Waals surface area (Å²) in [7, 11) is 0. The van der Waals surface area contributed by atoms with E-state index in [1.165, 1.54) is 4.90 Å². The summed E-state index contributed by atoms with van der Waals surface area (Å²) in [5, 5.41) is 10.5. The highest BCUT2D eigenvalue weighted by molar-refractivity contribution is 8.02. The summed E-state index contributed by atoms with van der Waals surface area (Å²) in [5.41, 5.74) is 0.530. The summed E-state index contributed by atoms with van der Waals surface area (Å²) in [5.74, 6) is -2.30. The molecule has 7 nitrogen and oxygen atoms in total. The largest absolute Gasteiger partial charge is 0.465 e. The minimum Gasteiger partial charge on any atom is -0.465 e. The van der Waals surface area contributed by atoms with Gasteiger partial charge in [-0.1, -0.05) is 35.9 Å². The average molecular weight is 561 g/mol. The van der Waals surface area contributed by atoms with E-state index in [0.717, 1.165) is 19.3 Å². The van der Waals surface area contributed by atoms with Gasteiger partial charge < -0.3 is 19.6 Å². The molecule has 1 aromatic carbocycles. The summed E-state index contributed by atoms with van der Waals surface area (Å²) in [6.07, 6.45) is 7.21. The first-order valence-corrected chi connectivity index (χ1v) is 14.4. The number of rotatable bonds is 12. The van der Waals surface area contributed by atoms with Gasteiger partial charge in [0.15, 0.2) is 0 Å². The lowest BCUT2D eigenvalue weighted by molar-refractivity contribution is -0.156. The van der Waals surface area contributed by atoms with Crippen LogP contribution in [0.2, 0.25) is 5.02 Å². The standard InChI is InChI=1S/C29H37ClN2O5S/c1-5-7-8-11-17-37-27(36)23-22-25(34)32(19(3)18-33)24(29(22)15-14-28(23,4)38-29)26(35)31(16-6-2)21-13-10-9-12-20(21)30/h5-6,9-10,12-13,19,22-24,33H,1-2,7-8,11,14-18H2,3-4H3/t19-,22+,23+,24?,28-,29?/m1/s1.